The number of hydrogen-bond acceptors (Lipinski definition) is 3. The average molecular weight is 250 g/mol. The third-order valence-electron chi connectivity index (χ3n) is 1.78. The van der Waals surface area contributed by atoms with E-state index in [0.717, 1.165) is 0 Å². The molecule has 8 nitrogen and oxygen atoms in total. The zero-order chi connectivity index (χ0) is 13.7. The van der Waals surface area contributed by atoms with Crippen molar-refractivity contribution in [2.75, 3.05) is 5.32 Å². The Kier molecular flexibility index (Phi) is 4.08. The molecule has 0 saturated carbocycles. The van der Waals surface area contributed by atoms with Gasteiger partial charge in [0.15, 0.2) is 5.96 Å². The number of benzene rings is 1. The number of nitrogens with one attached hydrogen (secondary N) is 1. The van der Waals surface area contributed by atoms with Crippen LogP contribution in [-0.2, 0) is 4.79 Å². The lowest BCUT2D eigenvalue weighted by molar-refractivity contribution is -0.114. The first-order chi connectivity index (χ1) is 8.38. The molecule has 0 aliphatic carbocycles. The summed E-state index contributed by atoms with van der Waals surface area (Å²) < 4.78 is 0. The van der Waals surface area contributed by atoms with Gasteiger partial charge in [0.25, 0.3) is 0 Å². The van der Waals surface area contributed by atoms with Crippen molar-refractivity contribution in [1.82, 2.24) is 0 Å². The SMILES string of the molecule is CC(=O)Nc1cc(N=C(N)N=C(N)N)ccc1O. The molecule has 18 heavy (non-hydrogen) atoms. The molecule has 8 heteroatoms. The van der Waals surface area contributed by atoms with Crippen molar-refractivity contribution in [3.05, 3.63) is 18.2 Å². The van der Waals surface area contributed by atoms with Crippen LogP contribution in [0.25, 0.3) is 0 Å². The summed E-state index contributed by atoms with van der Waals surface area (Å²) >= 11 is 0. The van der Waals surface area contributed by atoms with Gasteiger partial charge in [-0.15, -0.1) is 0 Å². The van der Waals surface area contributed by atoms with E-state index in [2.05, 4.69) is 15.3 Å². The van der Waals surface area contributed by atoms with Gasteiger partial charge >= 0.3 is 0 Å². The number of aliphatic imine (C=N–C) groups is 2. The van der Waals surface area contributed by atoms with Crippen molar-refractivity contribution < 1.29 is 9.90 Å². The van der Waals surface area contributed by atoms with E-state index in [-0.39, 0.29) is 29.3 Å². The Balaban J connectivity index is 3.05. The Bertz CT molecular complexity index is 519. The van der Waals surface area contributed by atoms with Gasteiger partial charge in [0.2, 0.25) is 11.9 Å². The molecule has 0 bridgehead atoms. The van der Waals surface area contributed by atoms with Crippen molar-refractivity contribution >= 4 is 29.2 Å². The van der Waals surface area contributed by atoms with Gasteiger partial charge in [-0.1, -0.05) is 0 Å². The molecule has 8 N–H and O–H groups in total. The summed E-state index contributed by atoms with van der Waals surface area (Å²) in [6.45, 7) is 1.32. The van der Waals surface area contributed by atoms with Gasteiger partial charge in [-0.2, -0.15) is 4.99 Å². The number of phenols is 1. The Labute approximate surface area is 103 Å². The second kappa shape index (κ2) is 5.53. The van der Waals surface area contributed by atoms with Crippen molar-refractivity contribution in [3.8, 4) is 5.75 Å². The lowest BCUT2D eigenvalue weighted by Crippen LogP contribution is -2.26. The number of amides is 1. The van der Waals surface area contributed by atoms with Crippen LogP contribution in [0.1, 0.15) is 6.92 Å². The van der Waals surface area contributed by atoms with Gasteiger partial charge in [-0.05, 0) is 18.2 Å². The molecule has 0 unspecified atom stereocenters. The first-order valence-corrected chi connectivity index (χ1v) is 4.93. The molecule has 96 valence electrons. The minimum Gasteiger partial charge on any atom is -0.506 e. The Morgan fingerprint density at radius 3 is 2.56 bits per heavy atom. The van der Waals surface area contributed by atoms with Crippen molar-refractivity contribution in [2.45, 2.75) is 6.92 Å². The topological polar surface area (TPSA) is 152 Å². The normalized spacial score (nSPS) is 10.8. The molecular formula is C10H14N6O2. The van der Waals surface area contributed by atoms with Gasteiger partial charge < -0.3 is 27.6 Å². The fourth-order valence-electron chi connectivity index (χ4n) is 1.17. The molecule has 1 rings (SSSR count). The summed E-state index contributed by atoms with van der Waals surface area (Å²) in [6, 6.07) is 4.30. The molecule has 0 fully saturated rings. The molecule has 0 aliphatic heterocycles. The summed E-state index contributed by atoms with van der Waals surface area (Å²) in [7, 11) is 0. The highest BCUT2D eigenvalue weighted by Gasteiger charge is 2.04. The first-order valence-electron chi connectivity index (χ1n) is 4.93. The maximum absolute atomic E-state index is 10.9. The number of hydrogen-bond donors (Lipinski definition) is 5. The summed E-state index contributed by atoms with van der Waals surface area (Å²) in [6.07, 6.45) is 0. The highest BCUT2D eigenvalue weighted by atomic mass is 16.3. The van der Waals surface area contributed by atoms with Crippen LogP contribution < -0.4 is 22.5 Å². The molecule has 0 radical (unpaired) electrons. The van der Waals surface area contributed by atoms with Crippen LogP contribution in [0.2, 0.25) is 0 Å². The standard InChI is InChI=1S/C10H14N6O2/c1-5(17)14-7-4-6(2-3-8(7)18)15-10(13)16-9(11)12/h2-4,18H,1H3,(H,14,17)(H6,11,12,13,15,16). The van der Waals surface area contributed by atoms with Crippen LogP contribution in [0, 0.1) is 0 Å². The van der Waals surface area contributed by atoms with Gasteiger partial charge in [-0.3, -0.25) is 4.79 Å². The van der Waals surface area contributed by atoms with E-state index in [1.807, 2.05) is 0 Å². The van der Waals surface area contributed by atoms with Gasteiger partial charge in [0.1, 0.15) is 5.75 Å². The van der Waals surface area contributed by atoms with Gasteiger partial charge in [-0.25, -0.2) is 4.99 Å². The van der Waals surface area contributed by atoms with Crippen molar-refractivity contribution in [3.63, 3.8) is 0 Å². The van der Waals surface area contributed by atoms with Crippen LogP contribution in [0.3, 0.4) is 0 Å². The second-order valence-corrected chi connectivity index (χ2v) is 3.39. The third kappa shape index (κ3) is 4.00. The fraction of sp³-hybridized carbons (Fsp3) is 0.100. The highest BCUT2D eigenvalue weighted by molar-refractivity contribution is 5.94. The summed E-state index contributed by atoms with van der Waals surface area (Å²) in [5.41, 5.74) is 16.3. The second-order valence-electron chi connectivity index (χ2n) is 3.39. The molecule has 0 spiro atoms. The van der Waals surface area contributed by atoms with Crippen LogP contribution in [-0.4, -0.2) is 22.9 Å². The lowest BCUT2D eigenvalue weighted by Gasteiger charge is -2.05. The predicted octanol–water partition coefficient (Wildman–Crippen LogP) is -0.430. The monoisotopic (exact) mass is 250 g/mol. The van der Waals surface area contributed by atoms with Crippen LogP contribution >= 0.6 is 0 Å². The van der Waals surface area contributed by atoms with Crippen molar-refractivity contribution in [2.24, 2.45) is 27.2 Å². The number of rotatable bonds is 2. The van der Waals surface area contributed by atoms with Crippen LogP contribution in [0.4, 0.5) is 11.4 Å². The number of aromatic hydroxyl groups is 1. The molecule has 0 aliphatic rings. The first kappa shape index (κ1) is 13.3. The third-order valence-corrected chi connectivity index (χ3v) is 1.78. The number of nitrogens with two attached hydrogens (primary N) is 3. The van der Waals surface area contributed by atoms with Gasteiger partial charge in [0, 0.05) is 6.92 Å². The molecule has 1 aromatic carbocycles. The van der Waals surface area contributed by atoms with Crippen molar-refractivity contribution in [1.29, 1.82) is 0 Å². The molecule has 1 aromatic rings. The number of anilines is 1. The lowest BCUT2D eigenvalue weighted by atomic mass is 10.2. The van der Waals surface area contributed by atoms with Crippen LogP contribution in [0.5, 0.6) is 5.75 Å². The predicted molar refractivity (Wildman–Crippen MR) is 69.5 cm³/mol. The van der Waals surface area contributed by atoms with E-state index in [4.69, 9.17) is 17.2 Å². The number of phenolic OH excluding ortho intramolecular Hbond substituents is 1. The van der Waals surface area contributed by atoms with E-state index in [9.17, 15) is 9.90 Å². The number of guanidine groups is 2. The summed E-state index contributed by atoms with van der Waals surface area (Å²) in [5, 5.41) is 11.9. The number of carbonyl (C=O) groups excluding carboxylic acids is 1. The maximum atomic E-state index is 10.9. The van der Waals surface area contributed by atoms with E-state index in [0.29, 0.717) is 5.69 Å². The van der Waals surface area contributed by atoms with Gasteiger partial charge in [0.05, 0.1) is 11.4 Å². The number of nitrogens with zero attached hydrogens (tertiary/aromatic N) is 2. The fourth-order valence-corrected chi connectivity index (χ4v) is 1.17. The quantitative estimate of drug-likeness (QED) is 0.274. The largest absolute Gasteiger partial charge is 0.506 e. The van der Waals surface area contributed by atoms with E-state index >= 15 is 0 Å². The Morgan fingerprint density at radius 1 is 1.33 bits per heavy atom. The highest BCUT2D eigenvalue weighted by Crippen LogP contribution is 2.28. The smallest absolute Gasteiger partial charge is 0.223 e. The summed E-state index contributed by atoms with van der Waals surface area (Å²) in [4.78, 5) is 18.3. The molecule has 1 amide bonds. The minimum absolute atomic E-state index is 0.0791. The van der Waals surface area contributed by atoms with E-state index < -0.39 is 0 Å². The number of carbonyl (C=O) groups is 1. The Morgan fingerprint density at radius 2 is 2.00 bits per heavy atom. The molecule has 0 saturated heterocycles. The average Bonchev–Trinajstić information content (AvgIpc) is 2.21. The molecular weight excluding hydrogens is 236 g/mol. The Hall–Kier alpha value is -2.77. The van der Waals surface area contributed by atoms with E-state index in [1.165, 1.54) is 25.1 Å². The summed E-state index contributed by atoms with van der Waals surface area (Å²) in [5.74, 6) is -0.736. The minimum atomic E-state index is -0.316. The zero-order valence-electron chi connectivity index (χ0n) is 9.71. The van der Waals surface area contributed by atoms with Crippen LogP contribution in [0.15, 0.2) is 28.2 Å². The molecule has 0 aromatic heterocycles. The molecule has 0 atom stereocenters. The molecule has 0 heterocycles. The van der Waals surface area contributed by atoms with E-state index in [1.54, 1.807) is 0 Å². The zero-order valence-corrected chi connectivity index (χ0v) is 9.71. The maximum Gasteiger partial charge on any atom is 0.223 e.